The number of aryl methyl sites for hydroxylation is 2. The third kappa shape index (κ3) is 3.81. The summed E-state index contributed by atoms with van der Waals surface area (Å²) in [6.07, 6.45) is 3.44. The van der Waals surface area contributed by atoms with Crippen LogP contribution in [0, 0.1) is 13.8 Å². The highest BCUT2D eigenvalue weighted by Crippen LogP contribution is 2.38. The van der Waals surface area contributed by atoms with Crippen LogP contribution in [0.3, 0.4) is 0 Å². The van der Waals surface area contributed by atoms with Crippen LogP contribution in [-0.4, -0.2) is 20.5 Å². The number of aromatic nitrogens is 3. The van der Waals surface area contributed by atoms with E-state index >= 15 is 0 Å². The van der Waals surface area contributed by atoms with Crippen molar-refractivity contribution < 1.29 is 9.21 Å². The van der Waals surface area contributed by atoms with Gasteiger partial charge in [-0.15, -0.1) is 16.4 Å². The lowest BCUT2D eigenvalue weighted by Gasteiger charge is -2.06. The molecule has 0 radical (unpaired) electrons. The molecule has 0 atom stereocenters. The van der Waals surface area contributed by atoms with E-state index < -0.39 is 0 Å². The molecule has 27 heavy (non-hydrogen) atoms. The fourth-order valence-electron chi connectivity index (χ4n) is 2.70. The molecule has 0 unspecified atom stereocenters. The lowest BCUT2D eigenvalue weighted by molar-refractivity contribution is -0.115. The van der Waals surface area contributed by atoms with Gasteiger partial charge in [-0.2, -0.15) is 0 Å². The normalized spacial score (nSPS) is 10.9. The first-order chi connectivity index (χ1) is 13.1. The van der Waals surface area contributed by atoms with Crippen LogP contribution in [0.5, 0.6) is 0 Å². The summed E-state index contributed by atoms with van der Waals surface area (Å²) in [4.78, 5) is 19.3. The number of hydrogen-bond donors (Lipinski definition) is 1. The van der Waals surface area contributed by atoms with Crippen molar-refractivity contribution in [3.05, 3.63) is 59.1 Å². The van der Waals surface area contributed by atoms with Crippen molar-refractivity contribution in [3.8, 4) is 21.1 Å². The quantitative estimate of drug-likeness (QED) is 0.528. The number of anilines is 1. The third-order valence-corrected chi connectivity index (χ3v) is 6.21. The monoisotopic (exact) mass is 396 g/mol. The Hall–Kier alpha value is -2.84. The number of carbonyl (C=O) groups is 1. The van der Waals surface area contributed by atoms with Crippen LogP contribution in [0.2, 0.25) is 0 Å². The number of nitrogens with one attached hydrogen (secondary N) is 1. The number of rotatable bonds is 5. The molecule has 0 fully saturated rings. The summed E-state index contributed by atoms with van der Waals surface area (Å²) in [5.41, 5.74) is 3.85. The number of nitrogens with zero attached hydrogens (tertiary/aromatic N) is 3. The predicted molar refractivity (Wildman–Crippen MR) is 107 cm³/mol. The van der Waals surface area contributed by atoms with Gasteiger partial charge in [0.25, 0.3) is 0 Å². The molecule has 0 bridgehead atoms. The number of benzene rings is 1. The molecule has 8 heteroatoms. The third-order valence-electron chi connectivity index (χ3n) is 4.09. The van der Waals surface area contributed by atoms with Crippen molar-refractivity contribution in [2.75, 3.05) is 5.32 Å². The topological polar surface area (TPSA) is 80.9 Å². The van der Waals surface area contributed by atoms with Crippen LogP contribution >= 0.6 is 22.9 Å². The molecule has 4 rings (SSSR count). The van der Waals surface area contributed by atoms with Gasteiger partial charge in [0.1, 0.15) is 0 Å². The summed E-state index contributed by atoms with van der Waals surface area (Å²) in [7, 11) is 0. The van der Waals surface area contributed by atoms with Crippen molar-refractivity contribution in [2.24, 2.45) is 0 Å². The highest BCUT2D eigenvalue weighted by molar-refractivity contribution is 7.19. The van der Waals surface area contributed by atoms with Gasteiger partial charge in [0, 0.05) is 10.6 Å². The van der Waals surface area contributed by atoms with Gasteiger partial charge in [0.05, 0.1) is 28.1 Å². The zero-order valence-corrected chi connectivity index (χ0v) is 16.4. The van der Waals surface area contributed by atoms with Crippen molar-refractivity contribution in [1.29, 1.82) is 0 Å². The molecule has 3 heterocycles. The summed E-state index contributed by atoms with van der Waals surface area (Å²) in [6, 6.07) is 9.95. The lowest BCUT2D eigenvalue weighted by Crippen LogP contribution is -2.14. The first-order valence-electron chi connectivity index (χ1n) is 8.27. The van der Waals surface area contributed by atoms with Gasteiger partial charge in [-0.25, -0.2) is 4.98 Å². The van der Waals surface area contributed by atoms with Gasteiger partial charge in [-0.05, 0) is 54.7 Å². The average Bonchev–Trinajstić information content (AvgIpc) is 3.38. The number of hydrogen-bond acceptors (Lipinski definition) is 7. The van der Waals surface area contributed by atoms with Gasteiger partial charge in [0.15, 0.2) is 12.2 Å². The zero-order valence-electron chi connectivity index (χ0n) is 14.7. The van der Waals surface area contributed by atoms with E-state index in [4.69, 9.17) is 4.42 Å². The van der Waals surface area contributed by atoms with Crippen LogP contribution in [-0.2, 0) is 11.2 Å². The largest absolute Gasteiger partial charge is 0.443 e. The van der Waals surface area contributed by atoms with Gasteiger partial charge >= 0.3 is 0 Å². The van der Waals surface area contributed by atoms with Crippen LogP contribution in [0.1, 0.15) is 16.1 Å². The van der Waals surface area contributed by atoms with Gasteiger partial charge < -0.3 is 9.73 Å². The number of thiophene rings is 1. The Morgan fingerprint density at radius 2 is 2.04 bits per heavy atom. The Bertz CT molecular complexity index is 1070. The molecular weight excluding hydrogens is 380 g/mol. The molecule has 136 valence electrons. The maximum absolute atomic E-state index is 12.2. The van der Waals surface area contributed by atoms with E-state index in [2.05, 4.69) is 32.9 Å². The minimum atomic E-state index is -0.0724. The smallest absolute Gasteiger partial charge is 0.229 e. The minimum absolute atomic E-state index is 0.0724. The van der Waals surface area contributed by atoms with E-state index in [1.807, 2.05) is 31.2 Å². The molecule has 1 N–H and O–H groups in total. The second-order valence-electron chi connectivity index (χ2n) is 6.07. The van der Waals surface area contributed by atoms with Crippen LogP contribution in [0.15, 0.2) is 47.3 Å². The summed E-state index contributed by atoms with van der Waals surface area (Å²) in [5, 5.41) is 6.85. The second-order valence-corrected chi connectivity index (χ2v) is 7.96. The van der Waals surface area contributed by atoms with Gasteiger partial charge in [-0.1, -0.05) is 16.6 Å². The molecule has 3 aromatic heterocycles. The molecule has 4 aromatic rings. The maximum atomic E-state index is 12.2. The van der Waals surface area contributed by atoms with E-state index in [-0.39, 0.29) is 12.3 Å². The summed E-state index contributed by atoms with van der Waals surface area (Å²) in [6.45, 7) is 3.93. The van der Waals surface area contributed by atoms with Gasteiger partial charge in [-0.3, -0.25) is 4.79 Å². The fourth-order valence-corrected chi connectivity index (χ4v) is 4.46. The summed E-state index contributed by atoms with van der Waals surface area (Å²) in [5.74, 6) is 0.697. The van der Waals surface area contributed by atoms with E-state index in [0.717, 1.165) is 32.5 Å². The van der Waals surface area contributed by atoms with E-state index in [9.17, 15) is 4.79 Å². The first-order valence-corrected chi connectivity index (χ1v) is 9.86. The molecule has 0 saturated carbocycles. The molecule has 1 amide bonds. The molecule has 0 aliphatic heterocycles. The molecule has 0 aliphatic carbocycles. The highest BCUT2D eigenvalue weighted by atomic mass is 32.1. The summed E-state index contributed by atoms with van der Waals surface area (Å²) < 4.78 is 9.24. The number of oxazole rings is 1. The zero-order chi connectivity index (χ0) is 18.8. The number of amides is 1. The van der Waals surface area contributed by atoms with Crippen molar-refractivity contribution in [3.63, 3.8) is 0 Å². The van der Waals surface area contributed by atoms with Crippen molar-refractivity contribution in [2.45, 2.75) is 20.3 Å². The second kappa shape index (κ2) is 7.42. The van der Waals surface area contributed by atoms with Crippen molar-refractivity contribution in [1.82, 2.24) is 14.6 Å². The van der Waals surface area contributed by atoms with E-state index in [0.29, 0.717) is 0 Å². The van der Waals surface area contributed by atoms with Crippen molar-refractivity contribution >= 4 is 34.5 Å². The molecule has 0 aliphatic rings. The first kappa shape index (κ1) is 17.6. The Morgan fingerprint density at radius 3 is 2.70 bits per heavy atom. The molecular formula is C19H16N4O2S2. The minimum Gasteiger partial charge on any atom is -0.443 e. The Kier molecular flexibility index (Phi) is 4.83. The van der Waals surface area contributed by atoms with Gasteiger partial charge in [0.2, 0.25) is 5.91 Å². The number of carbonyl (C=O) groups excluding carboxylic acids is 1. The van der Waals surface area contributed by atoms with Crippen LogP contribution < -0.4 is 5.32 Å². The molecule has 0 spiro atoms. The summed E-state index contributed by atoms with van der Waals surface area (Å²) >= 11 is 2.92. The fraction of sp³-hybridized carbons (Fsp3) is 0.158. The SMILES string of the molecule is Cc1cc(-c2cnco2)sc1-c1ccc(NC(=O)Cc2snnc2C)cc1. The Morgan fingerprint density at radius 1 is 1.22 bits per heavy atom. The Balaban J connectivity index is 1.48. The van der Waals surface area contributed by atoms with Crippen LogP contribution in [0.4, 0.5) is 5.69 Å². The Labute approximate surface area is 164 Å². The van der Waals surface area contributed by atoms with Crippen LogP contribution in [0.25, 0.3) is 21.1 Å². The standard InChI is InChI=1S/C19H16N4O2S2/c1-11-7-17(15-9-20-10-25-15)26-19(11)13-3-5-14(6-4-13)21-18(24)8-16-12(2)22-23-27-16/h3-7,9-10H,8H2,1-2H3,(H,21,24). The van der Waals surface area contributed by atoms with E-state index in [1.54, 1.807) is 17.5 Å². The van der Waals surface area contributed by atoms with E-state index in [1.165, 1.54) is 28.4 Å². The molecule has 1 aromatic carbocycles. The average molecular weight is 396 g/mol. The lowest BCUT2D eigenvalue weighted by atomic mass is 10.1. The maximum Gasteiger partial charge on any atom is 0.229 e. The highest BCUT2D eigenvalue weighted by Gasteiger charge is 2.13. The molecule has 6 nitrogen and oxygen atoms in total. The molecule has 0 saturated heterocycles. The predicted octanol–water partition coefficient (Wildman–Crippen LogP) is 4.72.